The molecule has 86 valence electrons. The third-order valence-electron chi connectivity index (χ3n) is 2.07. The molecule has 0 saturated heterocycles. The predicted octanol–water partition coefficient (Wildman–Crippen LogP) is 0.917. The number of fused-ring (bicyclic) bond motifs is 1. The lowest BCUT2D eigenvalue weighted by atomic mass is 10.5. The second kappa shape index (κ2) is 4.56. The van der Waals surface area contributed by atoms with Gasteiger partial charge in [0.25, 0.3) is 5.56 Å². The van der Waals surface area contributed by atoms with Gasteiger partial charge in [-0.2, -0.15) is 0 Å². The molecule has 7 heteroatoms. The fourth-order valence-corrected chi connectivity index (χ4v) is 2.29. The highest BCUT2D eigenvalue weighted by molar-refractivity contribution is 7.99. The van der Waals surface area contributed by atoms with Crippen LogP contribution in [-0.2, 0) is 11.3 Å². The van der Waals surface area contributed by atoms with Gasteiger partial charge in [0.1, 0.15) is 5.69 Å². The van der Waals surface area contributed by atoms with Crippen molar-refractivity contribution >= 4 is 23.5 Å². The molecular weight excluding hydrogens is 230 g/mol. The first-order chi connectivity index (χ1) is 7.72. The van der Waals surface area contributed by atoms with Crippen LogP contribution in [0.25, 0.3) is 0 Å². The Morgan fingerprint density at radius 2 is 2.56 bits per heavy atom. The monoisotopic (exact) mass is 241 g/mol. The molecular formula is C9H11N3O3S. The van der Waals surface area contributed by atoms with Crippen LogP contribution in [0, 0.1) is 0 Å². The van der Waals surface area contributed by atoms with Crippen molar-refractivity contribution in [1.29, 1.82) is 0 Å². The Labute approximate surface area is 96.0 Å². The van der Waals surface area contributed by atoms with Gasteiger partial charge in [-0.25, -0.2) is 9.78 Å². The summed E-state index contributed by atoms with van der Waals surface area (Å²) in [6.07, 6.45) is 0.733. The number of hydrogen-bond acceptors (Lipinski definition) is 5. The zero-order valence-corrected chi connectivity index (χ0v) is 9.54. The van der Waals surface area contributed by atoms with E-state index >= 15 is 0 Å². The molecule has 2 rings (SSSR count). The lowest BCUT2D eigenvalue weighted by Crippen LogP contribution is -2.26. The minimum absolute atomic E-state index is 0.157. The first kappa shape index (κ1) is 11.0. The fourth-order valence-electron chi connectivity index (χ4n) is 1.38. The first-order valence-electron chi connectivity index (χ1n) is 4.88. The van der Waals surface area contributed by atoms with Crippen molar-refractivity contribution in [3.05, 3.63) is 16.6 Å². The van der Waals surface area contributed by atoms with E-state index in [0.29, 0.717) is 11.7 Å². The van der Waals surface area contributed by atoms with Gasteiger partial charge in [0, 0.05) is 12.3 Å². The summed E-state index contributed by atoms with van der Waals surface area (Å²) in [6, 6.07) is 0. The molecule has 1 aliphatic rings. The third-order valence-corrected chi connectivity index (χ3v) is 3.04. The number of nitrogens with one attached hydrogen (secondary N) is 1. The van der Waals surface area contributed by atoms with Crippen molar-refractivity contribution in [2.24, 2.45) is 0 Å². The van der Waals surface area contributed by atoms with Crippen molar-refractivity contribution < 1.29 is 9.53 Å². The molecule has 1 amide bonds. The van der Waals surface area contributed by atoms with Crippen LogP contribution >= 0.6 is 11.8 Å². The molecule has 16 heavy (non-hydrogen) atoms. The maximum absolute atomic E-state index is 11.8. The first-order valence-corrected chi connectivity index (χ1v) is 5.87. The maximum atomic E-state index is 11.8. The summed E-state index contributed by atoms with van der Waals surface area (Å²) >= 11 is 1.53. The number of rotatable bonds is 2. The number of aromatic nitrogens is 2. The molecule has 0 bridgehead atoms. The summed E-state index contributed by atoms with van der Waals surface area (Å²) in [5, 5.41) is 3.07. The lowest BCUT2D eigenvalue weighted by Gasteiger charge is -2.06. The van der Waals surface area contributed by atoms with Crippen LogP contribution in [-0.4, -0.2) is 28.0 Å². The number of carbonyl (C=O) groups excluding carboxylic acids is 1. The van der Waals surface area contributed by atoms with Gasteiger partial charge in [-0.15, -0.1) is 0 Å². The van der Waals surface area contributed by atoms with Crippen LogP contribution in [0.5, 0.6) is 0 Å². The van der Waals surface area contributed by atoms with E-state index in [2.05, 4.69) is 15.0 Å². The standard InChI is InChI=1S/C9H11N3O3S/c1-2-15-9(14)11-6-5-10-8-12(7(6)13)3-4-16-8/h5H,2-4H2,1H3,(H,11,14). The third kappa shape index (κ3) is 2.04. The summed E-state index contributed by atoms with van der Waals surface area (Å²) in [4.78, 5) is 27.1. The Balaban J connectivity index is 2.23. The molecule has 1 aromatic heterocycles. The second-order valence-corrected chi connectivity index (χ2v) is 4.17. The van der Waals surface area contributed by atoms with Crippen LogP contribution in [0.4, 0.5) is 10.5 Å². The number of thioether (sulfide) groups is 1. The topological polar surface area (TPSA) is 73.2 Å². The molecule has 0 unspecified atom stereocenters. The van der Waals surface area contributed by atoms with Gasteiger partial charge in [0.05, 0.1) is 12.8 Å². The number of ether oxygens (including phenoxy) is 1. The minimum atomic E-state index is -0.632. The van der Waals surface area contributed by atoms with Crippen LogP contribution in [0.3, 0.4) is 0 Å². The Kier molecular flexibility index (Phi) is 3.14. The van der Waals surface area contributed by atoms with E-state index in [1.54, 1.807) is 11.5 Å². The van der Waals surface area contributed by atoms with Gasteiger partial charge >= 0.3 is 6.09 Å². The molecule has 2 heterocycles. The number of hydrogen-bond donors (Lipinski definition) is 1. The maximum Gasteiger partial charge on any atom is 0.411 e. The van der Waals surface area contributed by atoms with Gasteiger partial charge in [0.15, 0.2) is 5.16 Å². The van der Waals surface area contributed by atoms with Crippen LogP contribution in [0.2, 0.25) is 0 Å². The van der Waals surface area contributed by atoms with Crippen molar-refractivity contribution in [2.45, 2.75) is 18.6 Å². The lowest BCUT2D eigenvalue weighted by molar-refractivity contribution is 0.168. The van der Waals surface area contributed by atoms with E-state index in [0.717, 1.165) is 5.75 Å². The summed E-state index contributed by atoms with van der Waals surface area (Å²) in [6.45, 7) is 2.59. The summed E-state index contributed by atoms with van der Waals surface area (Å²) in [7, 11) is 0. The zero-order valence-electron chi connectivity index (χ0n) is 8.73. The van der Waals surface area contributed by atoms with Gasteiger partial charge in [-0.1, -0.05) is 11.8 Å². The highest BCUT2D eigenvalue weighted by Gasteiger charge is 2.17. The van der Waals surface area contributed by atoms with E-state index < -0.39 is 6.09 Å². The summed E-state index contributed by atoms with van der Waals surface area (Å²) in [5.74, 6) is 0.838. The van der Waals surface area contributed by atoms with E-state index in [1.165, 1.54) is 18.0 Å². The summed E-state index contributed by atoms with van der Waals surface area (Å²) < 4.78 is 6.24. The Morgan fingerprint density at radius 1 is 1.75 bits per heavy atom. The molecule has 0 aliphatic carbocycles. The molecule has 0 atom stereocenters. The van der Waals surface area contributed by atoms with E-state index in [9.17, 15) is 9.59 Å². The van der Waals surface area contributed by atoms with Crippen molar-refractivity contribution in [2.75, 3.05) is 17.7 Å². The smallest absolute Gasteiger partial charge is 0.411 e. The van der Waals surface area contributed by atoms with E-state index in [4.69, 9.17) is 0 Å². The fraction of sp³-hybridized carbons (Fsp3) is 0.444. The molecule has 0 aromatic carbocycles. The average molecular weight is 241 g/mol. The summed E-state index contributed by atoms with van der Waals surface area (Å²) in [5.41, 5.74) is -0.0762. The van der Waals surface area contributed by atoms with Crippen LogP contribution in [0.15, 0.2) is 16.1 Å². The molecule has 1 aliphatic heterocycles. The van der Waals surface area contributed by atoms with E-state index in [-0.39, 0.29) is 17.9 Å². The zero-order chi connectivity index (χ0) is 11.5. The van der Waals surface area contributed by atoms with Crippen LogP contribution in [0.1, 0.15) is 6.92 Å². The normalized spacial score (nSPS) is 13.3. The Hall–Kier alpha value is -1.50. The largest absolute Gasteiger partial charge is 0.450 e. The Bertz CT molecular complexity index is 472. The van der Waals surface area contributed by atoms with Crippen molar-refractivity contribution in [3.63, 3.8) is 0 Å². The van der Waals surface area contributed by atoms with Gasteiger partial charge in [-0.3, -0.25) is 14.7 Å². The molecule has 0 fully saturated rings. The Morgan fingerprint density at radius 3 is 3.31 bits per heavy atom. The van der Waals surface area contributed by atoms with Crippen molar-refractivity contribution in [3.8, 4) is 0 Å². The quantitative estimate of drug-likeness (QED) is 0.779. The molecule has 0 radical (unpaired) electrons. The second-order valence-electron chi connectivity index (χ2n) is 3.11. The number of amides is 1. The average Bonchev–Trinajstić information content (AvgIpc) is 2.71. The minimum Gasteiger partial charge on any atom is -0.450 e. The van der Waals surface area contributed by atoms with Gasteiger partial charge in [0.2, 0.25) is 0 Å². The van der Waals surface area contributed by atoms with E-state index in [1.807, 2.05) is 0 Å². The highest BCUT2D eigenvalue weighted by atomic mass is 32.2. The highest BCUT2D eigenvalue weighted by Crippen LogP contribution is 2.21. The number of nitrogens with zero attached hydrogens (tertiary/aromatic N) is 2. The SMILES string of the molecule is CCOC(=O)Nc1cnc2n(c1=O)CCS2. The molecule has 6 nitrogen and oxygen atoms in total. The van der Waals surface area contributed by atoms with Gasteiger partial charge < -0.3 is 4.74 Å². The molecule has 1 aromatic rings. The molecule has 0 spiro atoms. The van der Waals surface area contributed by atoms with Gasteiger partial charge in [-0.05, 0) is 6.92 Å². The molecule has 1 N–H and O–H groups in total. The van der Waals surface area contributed by atoms with Crippen LogP contribution < -0.4 is 10.9 Å². The number of carbonyl (C=O) groups is 1. The molecule has 0 saturated carbocycles. The van der Waals surface area contributed by atoms with Crippen molar-refractivity contribution in [1.82, 2.24) is 9.55 Å². The predicted molar refractivity (Wildman–Crippen MR) is 59.9 cm³/mol. The number of anilines is 1.